The quantitative estimate of drug-likeness (QED) is 0.900. The standard InChI is InChI=1S/C16H24N2O/c1-18(2)16(19)14-8-10-15(11-9-14)17-12-13-6-4-3-5-7-13/h8-11,13,17H,3-7,12H2,1-2H3. The van der Waals surface area contributed by atoms with Gasteiger partial charge in [0, 0.05) is 31.9 Å². The summed E-state index contributed by atoms with van der Waals surface area (Å²) in [6.07, 6.45) is 6.86. The molecule has 1 amide bonds. The number of carbonyl (C=O) groups is 1. The summed E-state index contributed by atoms with van der Waals surface area (Å²) in [6, 6.07) is 7.79. The lowest BCUT2D eigenvalue weighted by atomic mass is 9.89. The highest BCUT2D eigenvalue weighted by Crippen LogP contribution is 2.24. The molecule has 19 heavy (non-hydrogen) atoms. The van der Waals surface area contributed by atoms with Gasteiger partial charge in [0.1, 0.15) is 0 Å². The van der Waals surface area contributed by atoms with Crippen molar-refractivity contribution in [1.29, 1.82) is 0 Å². The number of amides is 1. The lowest BCUT2D eigenvalue weighted by Gasteiger charge is -2.22. The van der Waals surface area contributed by atoms with Gasteiger partial charge in [0.05, 0.1) is 0 Å². The molecule has 1 aromatic rings. The highest BCUT2D eigenvalue weighted by molar-refractivity contribution is 5.94. The lowest BCUT2D eigenvalue weighted by Crippen LogP contribution is -2.21. The van der Waals surface area contributed by atoms with Crippen LogP contribution in [-0.4, -0.2) is 31.4 Å². The van der Waals surface area contributed by atoms with Crippen LogP contribution < -0.4 is 5.32 Å². The Morgan fingerprint density at radius 1 is 1.16 bits per heavy atom. The number of hydrogen-bond donors (Lipinski definition) is 1. The van der Waals surface area contributed by atoms with E-state index in [2.05, 4.69) is 5.32 Å². The molecule has 2 rings (SSSR count). The number of nitrogens with zero attached hydrogens (tertiary/aromatic N) is 1. The zero-order valence-corrected chi connectivity index (χ0v) is 12.0. The molecule has 104 valence electrons. The van der Waals surface area contributed by atoms with E-state index in [1.165, 1.54) is 32.1 Å². The van der Waals surface area contributed by atoms with Crippen molar-refractivity contribution in [1.82, 2.24) is 4.90 Å². The third kappa shape index (κ3) is 3.98. The fourth-order valence-electron chi connectivity index (χ4n) is 2.64. The van der Waals surface area contributed by atoms with E-state index in [1.54, 1.807) is 19.0 Å². The first-order chi connectivity index (χ1) is 9.16. The predicted octanol–water partition coefficient (Wildman–Crippen LogP) is 3.38. The van der Waals surface area contributed by atoms with Gasteiger partial charge < -0.3 is 10.2 Å². The Bertz CT molecular complexity index is 405. The summed E-state index contributed by atoms with van der Waals surface area (Å²) in [4.78, 5) is 13.4. The second kappa shape index (κ2) is 6.60. The summed E-state index contributed by atoms with van der Waals surface area (Å²) >= 11 is 0. The van der Waals surface area contributed by atoms with Crippen molar-refractivity contribution in [3.8, 4) is 0 Å². The Morgan fingerprint density at radius 3 is 2.37 bits per heavy atom. The predicted molar refractivity (Wildman–Crippen MR) is 79.5 cm³/mol. The van der Waals surface area contributed by atoms with Gasteiger partial charge in [-0.3, -0.25) is 4.79 Å². The number of rotatable bonds is 4. The molecule has 0 bridgehead atoms. The van der Waals surface area contributed by atoms with Crippen LogP contribution in [0.3, 0.4) is 0 Å². The van der Waals surface area contributed by atoms with Crippen LogP contribution in [0, 0.1) is 5.92 Å². The molecule has 0 saturated heterocycles. The van der Waals surface area contributed by atoms with Crippen LogP contribution in [0.25, 0.3) is 0 Å². The average molecular weight is 260 g/mol. The van der Waals surface area contributed by atoms with Gasteiger partial charge in [-0.25, -0.2) is 0 Å². The zero-order valence-electron chi connectivity index (χ0n) is 12.0. The van der Waals surface area contributed by atoms with E-state index in [4.69, 9.17) is 0 Å². The molecule has 1 N–H and O–H groups in total. The third-order valence-corrected chi connectivity index (χ3v) is 3.86. The minimum absolute atomic E-state index is 0.0545. The molecule has 0 heterocycles. The van der Waals surface area contributed by atoms with E-state index in [9.17, 15) is 4.79 Å². The van der Waals surface area contributed by atoms with E-state index in [0.29, 0.717) is 0 Å². The van der Waals surface area contributed by atoms with Crippen molar-refractivity contribution in [2.24, 2.45) is 5.92 Å². The summed E-state index contributed by atoms with van der Waals surface area (Å²) in [5.41, 5.74) is 1.86. The van der Waals surface area contributed by atoms with Crippen LogP contribution >= 0.6 is 0 Å². The van der Waals surface area contributed by atoms with Gasteiger partial charge in [-0.1, -0.05) is 19.3 Å². The van der Waals surface area contributed by atoms with E-state index in [0.717, 1.165) is 23.7 Å². The fraction of sp³-hybridized carbons (Fsp3) is 0.562. The van der Waals surface area contributed by atoms with Crippen molar-refractivity contribution in [3.63, 3.8) is 0 Å². The maximum atomic E-state index is 11.8. The maximum absolute atomic E-state index is 11.8. The first kappa shape index (κ1) is 13.9. The Morgan fingerprint density at radius 2 is 1.79 bits per heavy atom. The molecular formula is C16H24N2O. The molecule has 0 unspecified atom stereocenters. The normalized spacial score (nSPS) is 16.1. The second-order valence-corrected chi connectivity index (χ2v) is 5.66. The Labute approximate surface area is 116 Å². The van der Waals surface area contributed by atoms with Gasteiger partial charge in [0.25, 0.3) is 5.91 Å². The van der Waals surface area contributed by atoms with Crippen LogP contribution in [0.5, 0.6) is 0 Å². The number of anilines is 1. The van der Waals surface area contributed by atoms with Gasteiger partial charge in [0.15, 0.2) is 0 Å². The molecule has 1 fully saturated rings. The molecule has 0 spiro atoms. The minimum Gasteiger partial charge on any atom is -0.385 e. The molecule has 0 radical (unpaired) electrons. The topological polar surface area (TPSA) is 32.3 Å². The van der Waals surface area contributed by atoms with Gasteiger partial charge in [-0.05, 0) is 43.0 Å². The van der Waals surface area contributed by atoms with E-state index in [-0.39, 0.29) is 5.91 Å². The van der Waals surface area contributed by atoms with Crippen LogP contribution in [0.4, 0.5) is 5.69 Å². The van der Waals surface area contributed by atoms with Gasteiger partial charge >= 0.3 is 0 Å². The van der Waals surface area contributed by atoms with Crippen molar-refractivity contribution < 1.29 is 4.79 Å². The average Bonchev–Trinajstić information content (AvgIpc) is 2.46. The summed E-state index contributed by atoms with van der Waals surface area (Å²) in [5, 5.41) is 3.48. The SMILES string of the molecule is CN(C)C(=O)c1ccc(NCC2CCCCC2)cc1. The van der Waals surface area contributed by atoms with E-state index < -0.39 is 0 Å². The molecule has 1 saturated carbocycles. The number of hydrogen-bond acceptors (Lipinski definition) is 2. The van der Waals surface area contributed by atoms with Crippen molar-refractivity contribution in [3.05, 3.63) is 29.8 Å². The highest BCUT2D eigenvalue weighted by atomic mass is 16.2. The minimum atomic E-state index is 0.0545. The summed E-state index contributed by atoms with van der Waals surface area (Å²) in [5.74, 6) is 0.871. The van der Waals surface area contributed by atoms with E-state index >= 15 is 0 Å². The van der Waals surface area contributed by atoms with Crippen LogP contribution in [0.15, 0.2) is 24.3 Å². The lowest BCUT2D eigenvalue weighted by molar-refractivity contribution is 0.0827. The van der Waals surface area contributed by atoms with Gasteiger partial charge in [0.2, 0.25) is 0 Å². The largest absolute Gasteiger partial charge is 0.385 e. The molecular weight excluding hydrogens is 236 g/mol. The Kier molecular flexibility index (Phi) is 4.83. The molecule has 0 aromatic heterocycles. The molecule has 0 atom stereocenters. The first-order valence-electron chi connectivity index (χ1n) is 7.22. The fourth-order valence-corrected chi connectivity index (χ4v) is 2.64. The third-order valence-electron chi connectivity index (χ3n) is 3.86. The number of carbonyl (C=O) groups excluding carboxylic acids is 1. The smallest absolute Gasteiger partial charge is 0.253 e. The molecule has 3 heteroatoms. The molecule has 0 aliphatic heterocycles. The molecule has 1 aromatic carbocycles. The van der Waals surface area contributed by atoms with Gasteiger partial charge in [-0.2, -0.15) is 0 Å². The Balaban J connectivity index is 1.86. The number of benzene rings is 1. The Hall–Kier alpha value is -1.51. The maximum Gasteiger partial charge on any atom is 0.253 e. The summed E-state index contributed by atoms with van der Waals surface area (Å²) in [6.45, 7) is 1.06. The second-order valence-electron chi connectivity index (χ2n) is 5.66. The van der Waals surface area contributed by atoms with Crippen molar-refractivity contribution >= 4 is 11.6 Å². The zero-order chi connectivity index (χ0) is 13.7. The molecule has 1 aliphatic carbocycles. The first-order valence-corrected chi connectivity index (χ1v) is 7.22. The van der Waals surface area contributed by atoms with Gasteiger partial charge in [-0.15, -0.1) is 0 Å². The van der Waals surface area contributed by atoms with Crippen molar-refractivity contribution in [2.75, 3.05) is 26.0 Å². The van der Waals surface area contributed by atoms with E-state index in [1.807, 2.05) is 24.3 Å². The summed E-state index contributed by atoms with van der Waals surface area (Å²) < 4.78 is 0. The highest BCUT2D eigenvalue weighted by Gasteiger charge is 2.13. The van der Waals surface area contributed by atoms with Crippen LogP contribution in [0.2, 0.25) is 0 Å². The monoisotopic (exact) mass is 260 g/mol. The van der Waals surface area contributed by atoms with Crippen molar-refractivity contribution in [2.45, 2.75) is 32.1 Å². The van der Waals surface area contributed by atoms with Crippen LogP contribution in [-0.2, 0) is 0 Å². The summed E-state index contributed by atoms with van der Waals surface area (Å²) in [7, 11) is 3.55. The molecule has 1 aliphatic rings. The number of nitrogens with one attached hydrogen (secondary N) is 1. The molecule has 3 nitrogen and oxygen atoms in total. The van der Waals surface area contributed by atoms with Crippen LogP contribution in [0.1, 0.15) is 42.5 Å².